The Morgan fingerprint density at radius 2 is 1.65 bits per heavy atom. The summed E-state index contributed by atoms with van der Waals surface area (Å²) in [7, 11) is 1.61. The number of anilines is 2. The van der Waals surface area contributed by atoms with Gasteiger partial charge in [-0.15, -0.1) is 0 Å². The van der Waals surface area contributed by atoms with Crippen molar-refractivity contribution in [1.82, 2.24) is 14.7 Å². The van der Waals surface area contributed by atoms with Crippen LogP contribution in [0.3, 0.4) is 0 Å². The third kappa shape index (κ3) is 5.24. The maximum atomic E-state index is 12.8. The van der Waals surface area contributed by atoms with E-state index in [-0.39, 0.29) is 18.4 Å². The predicted molar refractivity (Wildman–Crippen MR) is 133 cm³/mol. The summed E-state index contributed by atoms with van der Waals surface area (Å²) in [6.45, 7) is 6.84. The van der Waals surface area contributed by atoms with Crippen LogP contribution in [0.2, 0.25) is 5.02 Å². The number of hydrogen-bond acceptors (Lipinski definition) is 5. The van der Waals surface area contributed by atoms with Crippen molar-refractivity contribution in [3.8, 4) is 5.69 Å². The first kappa shape index (κ1) is 23.8. The summed E-state index contributed by atoms with van der Waals surface area (Å²) in [5.74, 6) is -0.500. The highest BCUT2D eigenvalue weighted by atomic mass is 35.5. The van der Waals surface area contributed by atoms with E-state index in [0.717, 1.165) is 49.1 Å². The molecule has 9 heteroatoms. The lowest BCUT2D eigenvalue weighted by Crippen LogP contribution is -2.36. The van der Waals surface area contributed by atoms with Crippen LogP contribution in [0.5, 0.6) is 0 Å². The van der Waals surface area contributed by atoms with Crippen LogP contribution in [0.15, 0.2) is 48.5 Å². The van der Waals surface area contributed by atoms with Gasteiger partial charge in [0.2, 0.25) is 5.91 Å². The maximum Gasteiger partial charge on any atom is 0.254 e. The van der Waals surface area contributed by atoms with E-state index in [1.807, 2.05) is 50.2 Å². The molecule has 178 valence electrons. The van der Waals surface area contributed by atoms with E-state index < -0.39 is 0 Å². The fourth-order valence-corrected chi connectivity index (χ4v) is 4.02. The number of aromatic nitrogens is 2. The maximum absolute atomic E-state index is 12.8. The Bertz CT molecular complexity index is 1170. The number of morpholine rings is 1. The Labute approximate surface area is 204 Å². The summed E-state index contributed by atoms with van der Waals surface area (Å²) in [6, 6.07) is 14.8. The second-order valence-electron chi connectivity index (χ2n) is 8.30. The molecule has 2 amide bonds. The van der Waals surface area contributed by atoms with Gasteiger partial charge in [0, 0.05) is 37.1 Å². The summed E-state index contributed by atoms with van der Waals surface area (Å²) in [4.78, 5) is 29.0. The van der Waals surface area contributed by atoms with Crippen LogP contribution in [0.1, 0.15) is 21.7 Å². The van der Waals surface area contributed by atoms with Crippen molar-refractivity contribution < 1.29 is 14.3 Å². The zero-order chi connectivity index (χ0) is 24.2. The molecule has 3 aromatic rings. The van der Waals surface area contributed by atoms with Crippen LogP contribution in [-0.2, 0) is 9.53 Å². The van der Waals surface area contributed by atoms with Crippen molar-refractivity contribution in [1.29, 1.82) is 0 Å². The number of benzene rings is 2. The molecule has 1 N–H and O–H groups in total. The third-order valence-electron chi connectivity index (χ3n) is 5.82. The van der Waals surface area contributed by atoms with Gasteiger partial charge in [0.25, 0.3) is 5.91 Å². The number of hydrogen-bond donors (Lipinski definition) is 1. The average molecular weight is 482 g/mol. The Morgan fingerprint density at radius 3 is 2.24 bits per heavy atom. The Hall–Kier alpha value is -3.36. The van der Waals surface area contributed by atoms with Gasteiger partial charge in [-0.05, 0) is 62.4 Å². The Kier molecular flexibility index (Phi) is 7.19. The van der Waals surface area contributed by atoms with Gasteiger partial charge >= 0.3 is 0 Å². The van der Waals surface area contributed by atoms with Gasteiger partial charge in [-0.2, -0.15) is 5.10 Å². The van der Waals surface area contributed by atoms with E-state index in [1.165, 1.54) is 4.90 Å². The van der Waals surface area contributed by atoms with Crippen molar-refractivity contribution in [2.45, 2.75) is 13.8 Å². The number of nitrogens with one attached hydrogen (secondary N) is 1. The molecule has 2 heterocycles. The SMILES string of the molecule is Cc1nn(-c2ccc(C(=O)N(C)CC(=O)Nc3ccc(N4CCOCC4)cc3)cc2)c(C)c1Cl. The lowest BCUT2D eigenvalue weighted by molar-refractivity contribution is -0.116. The molecule has 0 spiro atoms. The lowest BCUT2D eigenvalue weighted by Gasteiger charge is -2.28. The van der Waals surface area contributed by atoms with E-state index >= 15 is 0 Å². The molecule has 1 aliphatic rings. The van der Waals surface area contributed by atoms with E-state index in [0.29, 0.717) is 16.3 Å². The third-order valence-corrected chi connectivity index (χ3v) is 6.36. The highest BCUT2D eigenvalue weighted by molar-refractivity contribution is 6.31. The van der Waals surface area contributed by atoms with Crippen LogP contribution < -0.4 is 10.2 Å². The van der Waals surface area contributed by atoms with Crippen molar-refractivity contribution in [3.63, 3.8) is 0 Å². The van der Waals surface area contributed by atoms with Crippen LogP contribution in [0, 0.1) is 13.8 Å². The summed E-state index contributed by atoms with van der Waals surface area (Å²) in [6.07, 6.45) is 0. The van der Waals surface area contributed by atoms with E-state index in [1.54, 1.807) is 23.9 Å². The molecule has 2 aromatic carbocycles. The number of nitrogens with zero attached hydrogens (tertiary/aromatic N) is 4. The van der Waals surface area contributed by atoms with E-state index in [9.17, 15) is 9.59 Å². The molecule has 0 bridgehead atoms. The number of likely N-dealkylation sites (N-methyl/N-ethyl adjacent to an activating group) is 1. The summed E-state index contributed by atoms with van der Waals surface area (Å²) in [5.41, 5.74) is 4.67. The molecule has 0 atom stereocenters. The number of aryl methyl sites for hydroxylation is 1. The van der Waals surface area contributed by atoms with Crippen molar-refractivity contribution >= 4 is 34.8 Å². The molecule has 1 fully saturated rings. The number of amides is 2. The molecule has 1 saturated heterocycles. The van der Waals surface area contributed by atoms with Crippen molar-refractivity contribution in [3.05, 3.63) is 70.5 Å². The van der Waals surface area contributed by atoms with Crippen molar-refractivity contribution in [2.75, 3.05) is 50.1 Å². The van der Waals surface area contributed by atoms with Crippen LogP contribution in [-0.4, -0.2) is 66.4 Å². The fourth-order valence-electron chi connectivity index (χ4n) is 3.91. The lowest BCUT2D eigenvalue weighted by atomic mass is 10.2. The molecular formula is C25H28ClN5O3. The zero-order valence-electron chi connectivity index (χ0n) is 19.5. The molecule has 0 saturated carbocycles. The number of ether oxygens (including phenoxy) is 1. The smallest absolute Gasteiger partial charge is 0.254 e. The summed E-state index contributed by atoms with van der Waals surface area (Å²) >= 11 is 6.23. The Morgan fingerprint density at radius 1 is 1.03 bits per heavy atom. The van der Waals surface area contributed by atoms with Gasteiger partial charge in [-0.3, -0.25) is 9.59 Å². The molecule has 1 aliphatic heterocycles. The second-order valence-corrected chi connectivity index (χ2v) is 8.68. The molecule has 0 radical (unpaired) electrons. The predicted octanol–water partition coefficient (Wildman–Crippen LogP) is 3.69. The summed E-state index contributed by atoms with van der Waals surface area (Å²) < 4.78 is 7.13. The minimum atomic E-state index is -0.260. The van der Waals surface area contributed by atoms with Gasteiger partial charge in [-0.25, -0.2) is 4.68 Å². The first-order chi connectivity index (χ1) is 16.3. The molecule has 4 rings (SSSR count). The largest absolute Gasteiger partial charge is 0.378 e. The van der Waals surface area contributed by atoms with Crippen LogP contribution >= 0.6 is 11.6 Å². The van der Waals surface area contributed by atoms with E-state index in [4.69, 9.17) is 16.3 Å². The molecule has 0 aliphatic carbocycles. The standard InChI is InChI=1S/C25H28ClN5O3/c1-17-24(26)18(2)31(28-17)22-8-4-19(5-9-22)25(33)29(3)16-23(32)27-20-6-10-21(11-7-20)30-12-14-34-15-13-30/h4-11H,12-16H2,1-3H3,(H,27,32). The highest BCUT2D eigenvalue weighted by Gasteiger charge is 2.17. The van der Waals surface area contributed by atoms with Gasteiger partial charge in [0.05, 0.1) is 41.9 Å². The topological polar surface area (TPSA) is 79.7 Å². The number of halogens is 1. The fraction of sp³-hybridized carbons (Fsp3) is 0.320. The first-order valence-electron chi connectivity index (χ1n) is 11.1. The molecule has 1 aromatic heterocycles. The van der Waals surface area contributed by atoms with Crippen LogP contribution in [0.4, 0.5) is 11.4 Å². The van der Waals surface area contributed by atoms with Gasteiger partial charge < -0.3 is 19.9 Å². The number of rotatable bonds is 6. The van der Waals surface area contributed by atoms with Gasteiger partial charge in [0.15, 0.2) is 0 Å². The molecule has 8 nitrogen and oxygen atoms in total. The number of carbonyl (C=O) groups is 2. The van der Waals surface area contributed by atoms with Crippen LogP contribution in [0.25, 0.3) is 5.69 Å². The van der Waals surface area contributed by atoms with Gasteiger partial charge in [0.1, 0.15) is 0 Å². The summed E-state index contributed by atoms with van der Waals surface area (Å²) in [5, 5.41) is 7.91. The van der Waals surface area contributed by atoms with Crippen molar-refractivity contribution in [2.24, 2.45) is 0 Å². The van der Waals surface area contributed by atoms with E-state index in [2.05, 4.69) is 15.3 Å². The molecule has 34 heavy (non-hydrogen) atoms. The second kappa shape index (κ2) is 10.3. The normalized spacial score (nSPS) is 13.6. The molecule has 0 unspecified atom stereocenters. The number of carbonyl (C=O) groups excluding carboxylic acids is 2. The van der Waals surface area contributed by atoms with Gasteiger partial charge in [-0.1, -0.05) is 11.6 Å². The average Bonchev–Trinajstić information content (AvgIpc) is 3.11. The quantitative estimate of drug-likeness (QED) is 0.581. The zero-order valence-corrected chi connectivity index (χ0v) is 20.3. The molecular weight excluding hydrogens is 454 g/mol. The monoisotopic (exact) mass is 481 g/mol. The Balaban J connectivity index is 1.33. The minimum Gasteiger partial charge on any atom is -0.378 e. The first-order valence-corrected chi connectivity index (χ1v) is 11.5. The highest BCUT2D eigenvalue weighted by Crippen LogP contribution is 2.23. The minimum absolute atomic E-state index is 0.0567.